The van der Waals surface area contributed by atoms with Crippen LogP contribution < -0.4 is 10.2 Å². The number of aromatic nitrogens is 1. The monoisotopic (exact) mass is 391 g/mol. The van der Waals surface area contributed by atoms with Crippen molar-refractivity contribution >= 4 is 15.9 Å². The van der Waals surface area contributed by atoms with E-state index in [0.717, 1.165) is 0 Å². The maximum atomic E-state index is 13.1. The molecule has 3 rings (SSSR count). The van der Waals surface area contributed by atoms with E-state index >= 15 is 0 Å². The first kappa shape index (κ1) is 19.3. The number of aryl methyl sites for hydroxylation is 1. The molecule has 1 aliphatic rings. The number of sulfonamides is 1. The Morgan fingerprint density at radius 1 is 1.22 bits per heavy atom. The Kier molecular flexibility index (Phi) is 5.73. The molecule has 2 aromatic rings. The first-order valence-corrected chi connectivity index (χ1v) is 9.98. The van der Waals surface area contributed by atoms with Gasteiger partial charge < -0.3 is 4.74 Å². The van der Waals surface area contributed by atoms with E-state index in [2.05, 4.69) is 4.98 Å². The molecule has 0 aliphatic carbocycles. The van der Waals surface area contributed by atoms with Gasteiger partial charge in [0, 0.05) is 25.5 Å². The third-order valence-corrected chi connectivity index (χ3v) is 6.48. The van der Waals surface area contributed by atoms with Crippen LogP contribution in [-0.2, 0) is 10.0 Å². The Labute approximate surface area is 157 Å². The normalized spacial score (nSPS) is 16.1. The summed E-state index contributed by atoms with van der Waals surface area (Å²) in [6.07, 6.45) is 4.27. The van der Waals surface area contributed by atoms with Crippen molar-refractivity contribution in [3.63, 3.8) is 0 Å². The van der Waals surface area contributed by atoms with E-state index in [1.165, 1.54) is 15.9 Å². The lowest BCUT2D eigenvalue weighted by Crippen LogP contribution is -2.42. The van der Waals surface area contributed by atoms with Crippen molar-refractivity contribution < 1.29 is 23.2 Å². The molecule has 144 valence electrons. The molecule has 0 unspecified atom stereocenters. The standard InChI is InChI=1S/C18H21N3O5S/c1-13-3-2-4-16(17(13)18(22)20-23)27(24,25)21-11-7-15(8-12-21)26-14-5-9-19-10-6-14/h2-6,9-10,15,23H,7-8,11-12H2,1H3,(H,20,22). The highest BCUT2D eigenvalue weighted by atomic mass is 32.2. The van der Waals surface area contributed by atoms with Crippen molar-refractivity contribution in [3.05, 3.63) is 53.9 Å². The predicted molar refractivity (Wildman–Crippen MR) is 97.1 cm³/mol. The van der Waals surface area contributed by atoms with Gasteiger partial charge in [-0.1, -0.05) is 12.1 Å². The number of nitrogens with zero attached hydrogens (tertiary/aromatic N) is 2. The number of amides is 1. The van der Waals surface area contributed by atoms with Gasteiger partial charge in [-0.3, -0.25) is 15.0 Å². The quantitative estimate of drug-likeness (QED) is 0.594. The molecule has 1 fully saturated rings. The van der Waals surface area contributed by atoms with Crippen molar-refractivity contribution in [2.75, 3.05) is 13.1 Å². The summed E-state index contributed by atoms with van der Waals surface area (Å²) in [5, 5.41) is 8.96. The average molecular weight is 391 g/mol. The van der Waals surface area contributed by atoms with Gasteiger partial charge in [-0.05, 0) is 43.5 Å². The second kappa shape index (κ2) is 8.03. The molecule has 27 heavy (non-hydrogen) atoms. The number of hydrogen-bond acceptors (Lipinski definition) is 6. The van der Waals surface area contributed by atoms with Crippen LogP contribution in [0.5, 0.6) is 5.75 Å². The summed E-state index contributed by atoms with van der Waals surface area (Å²) in [5.74, 6) is -0.144. The van der Waals surface area contributed by atoms with Crippen molar-refractivity contribution in [1.29, 1.82) is 0 Å². The van der Waals surface area contributed by atoms with E-state index in [4.69, 9.17) is 9.94 Å². The smallest absolute Gasteiger partial charge is 0.276 e. The lowest BCUT2D eigenvalue weighted by Gasteiger charge is -2.31. The highest BCUT2D eigenvalue weighted by Crippen LogP contribution is 2.27. The number of hydroxylamine groups is 1. The van der Waals surface area contributed by atoms with E-state index < -0.39 is 15.9 Å². The summed E-state index contributed by atoms with van der Waals surface area (Å²) < 4.78 is 33.3. The molecule has 1 aromatic carbocycles. The minimum absolute atomic E-state index is 0.0461. The van der Waals surface area contributed by atoms with Crippen molar-refractivity contribution in [3.8, 4) is 5.75 Å². The molecule has 1 saturated heterocycles. The largest absolute Gasteiger partial charge is 0.490 e. The highest BCUT2D eigenvalue weighted by Gasteiger charge is 2.33. The van der Waals surface area contributed by atoms with Crippen LogP contribution in [0.4, 0.5) is 0 Å². The van der Waals surface area contributed by atoms with Gasteiger partial charge in [0.1, 0.15) is 11.9 Å². The van der Waals surface area contributed by atoms with Crippen molar-refractivity contribution in [2.24, 2.45) is 0 Å². The van der Waals surface area contributed by atoms with Crippen molar-refractivity contribution in [1.82, 2.24) is 14.8 Å². The molecule has 1 aliphatic heterocycles. The Morgan fingerprint density at radius 2 is 1.89 bits per heavy atom. The van der Waals surface area contributed by atoms with E-state index in [1.807, 2.05) is 0 Å². The van der Waals surface area contributed by atoms with E-state index in [0.29, 0.717) is 24.2 Å². The van der Waals surface area contributed by atoms with Crippen LogP contribution in [0.1, 0.15) is 28.8 Å². The molecule has 0 bridgehead atoms. The van der Waals surface area contributed by atoms with Crippen LogP contribution in [0.2, 0.25) is 0 Å². The van der Waals surface area contributed by atoms with Crippen LogP contribution >= 0.6 is 0 Å². The molecule has 0 atom stereocenters. The minimum Gasteiger partial charge on any atom is -0.490 e. The van der Waals surface area contributed by atoms with Crippen molar-refractivity contribution in [2.45, 2.75) is 30.8 Å². The van der Waals surface area contributed by atoms with E-state index in [9.17, 15) is 13.2 Å². The van der Waals surface area contributed by atoms with Crippen LogP contribution in [0, 0.1) is 6.92 Å². The number of rotatable bonds is 5. The van der Waals surface area contributed by atoms with Gasteiger partial charge in [0.25, 0.3) is 5.91 Å². The molecular weight excluding hydrogens is 370 g/mol. The van der Waals surface area contributed by atoms with Gasteiger partial charge in [-0.25, -0.2) is 13.9 Å². The zero-order valence-corrected chi connectivity index (χ0v) is 15.6. The molecular formula is C18H21N3O5S. The average Bonchev–Trinajstić information content (AvgIpc) is 2.68. The number of ether oxygens (including phenoxy) is 1. The maximum Gasteiger partial charge on any atom is 0.276 e. The second-order valence-corrected chi connectivity index (χ2v) is 8.20. The fourth-order valence-electron chi connectivity index (χ4n) is 3.14. The summed E-state index contributed by atoms with van der Waals surface area (Å²) in [6.45, 7) is 2.19. The van der Waals surface area contributed by atoms with Crippen LogP contribution in [0.3, 0.4) is 0 Å². The Balaban J connectivity index is 1.76. The zero-order valence-electron chi connectivity index (χ0n) is 14.8. The molecule has 1 amide bonds. The topological polar surface area (TPSA) is 109 Å². The van der Waals surface area contributed by atoms with Gasteiger partial charge in [-0.2, -0.15) is 4.31 Å². The number of pyridine rings is 1. The lowest BCUT2D eigenvalue weighted by atomic mass is 10.1. The van der Waals surface area contributed by atoms with E-state index in [-0.39, 0.29) is 29.7 Å². The number of carbonyl (C=O) groups excluding carboxylic acids is 1. The molecule has 2 heterocycles. The fraction of sp³-hybridized carbons (Fsp3) is 0.333. The fourth-order valence-corrected chi connectivity index (χ4v) is 4.87. The van der Waals surface area contributed by atoms with Gasteiger partial charge in [0.05, 0.1) is 10.5 Å². The second-order valence-electron chi connectivity index (χ2n) is 6.29. The summed E-state index contributed by atoms with van der Waals surface area (Å²) >= 11 is 0. The summed E-state index contributed by atoms with van der Waals surface area (Å²) in [7, 11) is -3.87. The first-order chi connectivity index (χ1) is 12.9. The van der Waals surface area contributed by atoms with Gasteiger partial charge in [0.15, 0.2) is 0 Å². The molecule has 2 N–H and O–H groups in total. The predicted octanol–water partition coefficient (Wildman–Crippen LogP) is 1.74. The molecule has 0 spiro atoms. The molecule has 0 radical (unpaired) electrons. The first-order valence-electron chi connectivity index (χ1n) is 8.54. The SMILES string of the molecule is Cc1cccc(S(=O)(=O)N2CCC(Oc3ccncc3)CC2)c1C(=O)NO. The van der Waals surface area contributed by atoms with E-state index in [1.54, 1.807) is 43.6 Å². The third kappa shape index (κ3) is 4.10. The summed E-state index contributed by atoms with van der Waals surface area (Å²) in [5.41, 5.74) is 1.95. The Bertz CT molecular complexity index is 910. The lowest BCUT2D eigenvalue weighted by molar-refractivity contribution is 0.0701. The van der Waals surface area contributed by atoms with Gasteiger partial charge in [-0.15, -0.1) is 0 Å². The molecule has 0 saturated carbocycles. The molecule has 8 nitrogen and oxygen atoms in total. The van der Waals surface area contributed by atoms with Crippen LogP contribution in [-0.4, -0.2) is 48.0 Å². The minimum atomic E-state index is -3.87. The maximum absolute atomic E-state index is 13.1. The number of benzene rings is 1. The molecule has 9 heteroatoms. The zero-order chi connectivity index (χ0) is 19.4. The number of nitrogens with one attached hydrogen (secondary N) is 1. The van der Waals surface area contributed by atoms with Crippen LogP contribution in [0.15, 0.2) is 47.6 Å². The Morgan fingerprint density at radius 3 is 2.52 bits per heavy atom. The summed E-state index contributed by atoms with van der Waals surface area (Å²) in [6, 6.07) is 8.10. The summed E-state index contributed by atoms with van der Waals surface area (Å²) in [4.78, 5) is 15.8. The number of hydrogen-bond donors (Lipinski definition) is 2. The Hall–Kier alpha value is -2.49. The van der Waals surface area contributed by atoms with Crippen LogP contribution in [0.25, 0.3) is 0 Å². The third-order valence-electron chi connectivity index (χ3n) is 4.53. The highest BCUT2D eigenvalue weighted by molar-refractivity contribution is 7.89. The molecule has 1 aromatic heterocycles. The number of carbonyl (C=O) groups is 1. The van der Waals surface area contributed by atoms with Gasteiger partial charge in [0.2, 0.25) is 10.0 Å². The van der Waals surface area contributed by atoms with Gasteiger partial charge >= 0.3 is 0 Å². The number of piperidine rings is 1.